The molecule has 3 N–H and O–H groups in total. The predicted molar refractivity (Wildman–Crippen MR) is 87.6 cm³/mol. The maximum atomic E-state index is 12.3. The molecule has 0 spiro atoms. The van der Waals surface area contributed by atoms with Gasteiger partial charge in [-0.15, -0.1) is 12.4 Å². The Balaban J connectivity index is 0.00000161. The van der Waals surface area contributed by atoms with E-state index >= 15 is 0 Å². The summed E-state index contributed by atoms with van der Waals surface area (Å²) in [6, 6.07) is 7.64. The predicted octanol–water partition coefficient (Wildman–Crippen LogP) is 2.33. The Hall–Kier alpha value is -1.52. The molecule has 1 heterocycles. The average Bonchev–Trinajstić information content (AvgIpc) is 3.18. The van der Waals surface area contributed by atoms with Gasteiger partial charge in [0.2, 0.25) is 5.91 Å². The van der Waals surface area contributed by atoms with Crippen LogP contribution in [-0.2, 0) is 11.2 Å². The van der Waals surface area contributed by atoms with E-state index in [1.165, 1.54) is 12.8 Å². The molecule has 21 heavy (non-hydrogen) atoms. The Morgan fingerprint density at radius 3 is 2.86 bits per heavy atom. The third-order valence-corrected chi connectivity index (χ3v) is 4.04. The molecule has 114 valence electrons. The van der Waals surface area contributed by atoms with Crippen LogP contribution >= 0.6 is 12.4 Å². The minimum atomic E-state index is -0.460. The van der Waals surface area contributed by atoms with Gasteiger partial charge in [-0.2, -0.15) is 0 Å². The number of hydrogen-bond acceptors (Lipinski definition) is 2. The molecule has 1 fully saturated rings. The SMILES string of the molecule is CN(CC1CC1)C(=O)[C@@H](N)Cc1c[nH]c2ccccc12.Cl. The Morgan fingerprint density at radius 1 is 1.43 bits per heavy atom. The number of aromatic nitrogens is 1. The lowest BCUT2D eigenvalue weighted by Crippen LogP contribution is -2.43. The van der Waals surface area contributed by atoms with E-state index in [4.69, 9.17) is 5.73 Å². The summed E-state index contributed by atoms with van der Waals surface area (Å²) in [6.45, 7) is 0.848. The fraction of sp³-hybridized carbons (Fsp3) is 0.438. The number of amides is 1. The van der Waals surface area contributed by atoms with Gasteiger partial charge in [0.25, 0.3) is 0 Å². The molecule has 1 aromatic carbocycles. The van der Waals surface area contributed by atoms with E-state index in [-0.39, 0.29) is 18.3 Å². The van der Waals surface area contributed by atoms with Gasteiger partial charge in [-0.25, -0.2) is 0 Å². The van der Waals surface area contributed by atoms with E-state index in [0.717, 1.165) is 23.0 Å². The van der Waals surface area contributed by atoms with Crippen molar-refractivity contribution in [3.8, 4) is 0 Å². The monoisotopic (exact) mass is 307 g/mol. The molecular formula is C16H22ClN3O. The highest BCUT2D eigenvalue weighted by Crippen LogP contribution is 2.29. The highest BCUT2D eigenvalue weighted by Gasteiger charge is 2.27. The van der Waals surface area contributed by atoms with Gasteiger partial charge < -0.3 is 15.6 Å². The van der Waals surface area contributed by atoms with Crippen LogP contribution in [-0.4, -0.2) is 35.4 Å². The van der Waals surface area contributed by atoms with Gasteiger partial charge in [0.05, 0.1) is 6.04 Å². The van der Waals surface area contributed by atoms with Crippen LogP contribution in [0, 0.1) is 5.92 Å². The lowest BCUT2D eigenvalue weighted by molar-refractivity contribution is -0.131. The summed E-state index contributed by atoms with van der Waals surface area (Å²) in [5.74, 6) is 0.742. The first-order chi connectivity index (χ1) is 9.65. The number of hydrogen-bond donors (Lipinski definition) is 2. The molecule has 3 rings (SSSR count). The Morgan fingerprint density at radius 2 is 2.14 bits per heavy atom. The van der Waals surface area contributed by atoms with Crippen molar-refractivity contribution < 1.29 is 4.79 Å². The second-order valence-corrected chi connectivity index (χ2v) is 5.83. The second kappa shape index (κ2) is 6.50. The van der Waals surface area contributed by atoms with E-state index in [0.29, 0.717) is 12.3 Å². The van der Waals surface area contributed by atoms with Crippen LogP contribution in [0.2, 0.25) is 0 Å². The molecule has 1 atom stereocenters. The lowest BCUT2D eigenvalue weighted by Gasteiger charge is -2.21. The fourth-order valence-corrected chi connectivity index (χ4v) is 2.69. The molecule has 5 heteroatoms. The zero-order chi connectivity index (χ0) is 14.1. The zero-order valence-electron chi connectivity index (χ0n) is 12.2. The normalized spacial score (nSPS) is 15.5. The van der Waals surface area contributed by atoms with Crippen LogP contribution in [0.5, 0.6) is 0 Å². The van der Waals surface area contributed by atoms with Gasteiger partial charge in [-0.1, -0.05) is 18.2 Å². The topological polar surface area (TPSA) is 62.1 Å². The standard InChI is InChI=1S/C16H21N3O.ClH/c1-19(10-11-6-7-11)16(20)14(17)8-12-9-18-15-5-3-2-4-13(12)15;/h2-5,9,11,14,18H,6-8,10,17H2,1H3;1H/t14-;/m0./s1. The molecule has 0 bridgehead atoms. The van der Waals surface area contributed by atoms with Crippen LogP contribution in [0.15, 0.2) is 30.5 Å². The van der Waals surface area contributed by atoms with Crippen molar-refractivity contribution in [3.05, 3.63) is 36.0 Å². The zero-order valence-corrected chi connectivity index (χ0v) is 13.0. The van der Waals surface area contributed by atoms with Gasteiger partial charge in [0, 0.05) is 30.7 Å². The van der Waals surface area contributed by atoms with Crippen molar-refractivity contribution in [3.63, 3.8) is 0 Å². The molecule has 0 unspecified atom stereocenters. The van der Waals surface area contributed by atoms with Crippen molar-refractivity contribution in [1.29, 1.82) is 0 Å². The molecule has 1 aliphatic carbocycles. The summed E-state index contributed by atoms with van der Waals surface area (Å²) in [7, 11) is 1.86. The third-order valence-electron chi connectivity index (χ3n) is 4.04. The largest absolute Gasteiger partial charge is 0.361 e. The molecule has 1 aromatic heterocycles. The number of rotatable bonds is 5. The van der Waals surface area contributed by atoms with Crippen LogP contribution in [0.25, 0.3) is 10.9 Å². The number of nitrogens with two attached hydrogens (primary N) is 1. The summed E-state index contributed by atoms with van der Waals surface area (Å²) in [5.41, 5.74) is 8.29. The molecule has 1 aliphatic rings. The maximum absolute atomic E-state index is 12.3. The number of aromatic amines is 1. The number of fused-ring (bicyclic) bond motifs is 1. The minimum Gasteiger partial charge on any atom is -0.361 e. The number of likely N-dealkylation sites (N-methyl/N-ethyl adjacent to an activating group) is 1. The van der Waals surface area contributed by atoms with Crippen molar-refractivity contribution in [2.75, 3.05) is 13.6 Å². The molecule has 0 saturated heterocycles. The van der Waals surface area contributed by atoms with E-state index in [1.807, 2.05) is 31.4 Å². The number of H-pyrrole nitrogens is 1. The number of nitrogens with zero attached hydrogens (tertiary/aromatic N) is 1. The smallest absolute Gasteiger partial charge is 0.239 e. The van der Waals surface area contributed by atoms with Crippen molar-refractivity contribution in [2.45, 2.75) is 25.3 Å². The number of carbonyl (C=O) groups excluding carboxylic acids is 1. The van der Waals surface area contributed by atoms with E-state index in [1.54, 1.807) is 4.90 Å². The van der Waals surface area contributed by atoms with E-state index in [2.05, 4.69) is 11.1 Å². The molecule has 0 radical (unpaired) electrons. The van der Waals surface area contributed by atoms with Crippen molar-refractivity contribution in [2.24, 2.45) is 11.7 Å². The van der Waals surface area contributed by atoms with Crippen molar-refractivity contribution in [1.82, 2.24) is 9.88 Å². The summed E-state index contributed by atoms with van der Waals surface area (Å²) < 4.78 is 0. The van der Waals surface area contributed by atoms with Gasteiger partial charge in [0.15, 0.2) is 0 Å². The Kier molecular flexibility index (Phi) is 4.91. The quantitative estimate of drug-likeness (QED) is 0.890. The summed E-state index contributed by atoms with van der Waals surface area (Å²) in [4.78, 5) is 17.3. The summed E-state index contributed by atoms with van der Waals surface area (Å²) >= 11 is 0. The average molecular weight is 308 g/mol. The molecule has 1 saturated carbocycles. The van der Waals surface area contributed by atoms with Crippen LogP contribution < -0.4 is 5.73 Å². The van der Waals surface area contributed by atoms with Gasteiger partial charge in [-0.05, 0) is 36.8 Å². The Labute approximate surface area is 131 Å². The third kappa shape index (κ3) is 3.57. The number of benzene rings is 1. The van der Waals surface area contributed by atoms with Crippen molar-refractivity contribution >= 4 is 29.2 Å². The highest BCUT2D eigenvalue weighted by molar-refractivity contribution is 5.86. The number of halogens is 1. The first-order valence-corrected chi connectivity index (χ1v) is 7.20. The summed E-state index contributed by atoms with van der Waals surface area (Å²) in [6.07, 6.45) is 5.03. The molecular weight excluding hydrogens is 286 g/mol. The van der Waals surface area contributed by atoms with Gasteiger partial charge >= 0.3 is 0 Å². The van der Waals surface area contributed by atoms with Crippen LogP contribution in [0.1, 0.15) is 18.4 Å². The highest BCUT2D eigenvalue weighted by atomic mass is 35.5. The number of para-hydroxylation sites is 1. The van der Waals surface area contributed by atoms with E-state index < -0.39 is 6.04 Å². The van der Waals surface area contributed by atoms with Gasteiger partial charge in [0.1, 0.15) is 0 Å². The van der Waals surface area contributed by atoms with Crippen LogP contribution in [0.3, 0.4) is 0 Å². The first-order valence-electron chi connectivity index (χ1n) is 7.20. The fourth-order valence-electron chi connectivity index (χ4n) is 2.69. The van der Waals surface area contributed by atoms with Gasteiger partial charge in [-0.3, -0.25) is 4.79 Å². The van der Waals surface area contributed by atoms with Crippen LogP contribution in [0.4, 0.5) is 0 Å². The number of nitrogens with one attached hydrogen (secondary N) is 1. The molecule has 0 aliphatic heterocycles. The molecule has 4 nitrogen and oxygen atoms in total. The Bertz CT molecular complexity index is 621. The molecule has 2 aromatic rings. The maximum Gasteiger partial charge on any atom is 0.239 e. The van der Waals surface area contributed by atoms with E-state index in [9.17, 15) is 4.79 Å². The first kappa shape index (κ1) is 15.9. The lowest BCUT2D eigenvalue weighted by atomic mass is 10.0. The minimum absolute atomic E-state index is 0. The second-order valence-electron chi connectivity index (χ2n) is 5.83. The molecule has 1 amide bonds. The summed E-state index contributed by atoms with van der Waals surface area (Å²) in [5, 5.41) is 1.15. The number of carbonyl (C=O) groups is 1.